The van der Waals surface area contributed by atoms with E-state index in [2.05, 4.69) is 78.6 Å². The minimum atomic E-state index is 0.292. The fourth-order valence-corrected chi connectivity index (χ4v) is 2.68. The van der Waals surface area contributed by atoms with Gasteiger partial charge in [-0.2, -0.15) is 5.10 Å². The fourth-order valence-electron chi connectivity index (χ4n) is 2.68. The molecular formula is C19H22N4. The van der Waals surface area contributed by atoms with Crippen LogP contribution in [0.1, 0.15) is 35.2 Å². The van der Waals surface area contributed by atoms with Gasteiger partial charge in [0.25, 0.3) is 0 Å². The maximum atomic E-state index is 4.14. The minimum absolute atomic E-state index is 0.292. The van der Waals surface area contributed by atoms with Gasteiger partial charge in [-0.05, 0) is 49.6 Å². The van der Waals surface area contributed by atoms with Gasteiger partial charge in [-0.15, -0.1) is 0 Å². The van der Waals surface area contributed by atoms with Crippen molar-refractivity contribution in [1.29, 1.82) is 0 Å². The molecule has 4 heteroatoms. The Hall–Kier alpha value is -2.46. The number of hydrogen-bond donors (Lipinski definition) is 1. The van der Waals surface area contributed by atoms with E-state index < -0.39 is 0 Å². The van der Waals surface area contributed by atoms with Crippen LogP contribution in [0.5, 0.6) is 0 Å². The third-order valence-electron chi connectivity index (χ3n) is 4.17. The maximum absolute atomic E-state index is 4.14. The smallest absolute Gasteiger partial charge is 0.138 e. The van der Waals surface area contributed by atoms with Crippen LogP contribution in [0.4, 0.5) is 0 Å². The van der Waals surface area contributed by atoms with Crippen molar-refractivity contribution in [2.24, 2.45) is 0 Å². The standard InChI is InChI=1S/C19H22N4/c1-14-4-5-18(15(2)10-14)11-21-16(3)17-6-8-19(9-7-17)23-13-20-12-22-23/h4-10,12-13,16,21H,11H2,1-3H3/t16-/m1/s1. The van der Waals surface area contributed by atoms with Gasteiger partial charge in [-0.1, -0.05) is 35.9 Å². The largest absolute Gasteiger partial charge is 0.306 e. The van der Waals surface area contributed by atoms with Gasteiger partial charge in [0.15, 0.2) is 0 Å². The summed E-state index contributed by atoms with van der Waals surface area (Å²) in [6.45, 7) is 7.36. The van der Waals surface area contributed by atoms with Crippen LogP contribution in [-0.4, -0.2) is 14.8 Å². The van der Waals surface area contributed by atoms with Gasteiger partial charge >= 0.3 is 0 Å². The summed E-state index contributed by atoms with van der Waals surface area (Å²) in [4.78, 5) is 3.97. The van der Waals surface area contributed by atoms with Crippen LogP contribution in [0.3, 0.4) is 0 Å². The van der Waals surface area contributed by atoms with Crippen molar-refractivity contribution < 1.29 is 0 Å². The molecule has 1 heterocycles. The van der Waals surface area contributed by atoms with Crippen LogP contribution < -0.4 is 5.32 Å². The lowest BCUT2D eigenvalue weighted by Crippen LogP contribution is -2.18. The lowest BCUT2D eigenvalue weighted by molar-refractivity contribution is 0.573. The van der Waals surface area contributed by atoms with Crippen molar-refractivity contribution in [1.82, 2.24) is 20.1 Å². The molecule has 2 aromatic carbocycles. The number of hydrogen-bond acceptors (Lipinski definition) is 3. The van der Waals surface area contributed by atoms with E-state index in [4.69, 9.17) is 0 Å². The quantitative estimate of drug-likeness (QED) is 0.781. The molecule has 0 bridgehead atoms. The molecule has 0 radical (unpaired) electrons. The highest BCUT2D eigenvalue weighted by Gasteiger charge is 2.07. The zero-order chi connectivity index (χ0) is 16.2. The maximum Gasteiger partial charge on any atom is 0.138 e. The van der Waals surface area contributed by atoms with Gasteiger partial charge in [0.2, 0.25) is 0 Å². The van der Waals surface area contributed by atoms with E-state index >= 15 is 0 Å². The molecule has 0 fully saturated rings. The van der Waals surface area contributed by atoms with Crippen LogP contribution in [0, 0.1) is 13.8 Å². The van der Waals surface area contributed by atoms with E-state index in [1.165, 1.54) is 22.3 Å². The highest BCUT2D eigenvalue weighted by Crippen LogP contribution is 2.17. The Morgan fingerprint density at radius 3 is 2.52 bits per heavy atom. The zero-order valence-electron chi connectivity index (χ0n) is 13.8. The summed E-state index contributed by atoms with van der Waals surface area (Å²) < 4.78 is 1.76. The minimum Gasteiger partial charge on any atom is -0.306 e. The highest BCUT2D eigenvalue weighted by atomic mass is 15.3. The Balaban J connectivity index is 1.65. The van der Waals surface area contributed by atoms with Crippen molar-refractivity contribution in [2.75, 3.05) is 0 Å². The van der Waals surface area contributed by atoms with Crippen molar-refractivity contribution in [3.63, 3.8) is 0 Å². The van der Waals surface area contributed by atoms with Crippen LogP contribution in [-0.2, 0) is 6.54 Å². The Morgan fingerprint density at radius 2 is 1.87 bits per heavy atom. The van der Waals surface area contributed by atoms with Crippen molar-refractivity contribution in [3.05, 3.63) is 77.4 Å². The van der Waals surface area contributed by atoms with E-state index in [1.807, 2.05) is 0 Å². The molecule has 0 unspecified atom stereocenters. The molecule has 3 aromatic rings. The molecule has 0 spiro atoms. The summed E-state index contributed by atoms with van der Waals surface area (Å²) >= 11 is 0. The Morgan fingerprint density at radius 1 is 1.09 bits per heavy atom. The summed E-state index contributed by atoms with van der Waals surface area (Å²) in [5.74, 6) is 0. The van der Waals surface area contributed by atoms with Gasteiger partial charge in [-0.25, -0.2) is 9.67 Å². The van der Waals surface area contributed by atoms with Crippen molar-refractivity contribution in [2.45, 2.75) is 33.4 Å². The Kier molecular flexibility index (Phi) is 4.53. The number of benzene rings is 2. The molecule has 0 amide bonds. The number of nitrogens with zero attached hydrogens (tertiary/aromatic N) is 3. The SMILES string of the molecule is Cc1ccc(CN[C@H](C)c2ccc(-n3cncn3)cc2)c(C)c1. The molecule has 0 aliphatic rings. The topological polar surface area (TPSA) is 42.7 Å². The molecule has 1 N–H and O–H groups in total. The van der Waals surface area contributed by atoms with Gasteiger partial charge in [-0.3, -0.25) is 0 Å². The average Bonchev–Trinajstić information content (AvgIpc) is 3.08. The number of rotatable bonds is 5. The molecule has 0 saturated carbocycles. The Bertz CT molecular complexity index is 761. The second-order valence-corrected chi connectivity index (χ2v) is 5.96. The molecule has 4 nitrogen and oxygen atoms in total. The van der Waals surface area contributed by atoms with E-state index in [-0.39, 0.29) is 0 Å². The molecule has 0 saturated heterocycles. The first kappa shape index (κ1) is 15.4. The molecule has 1 aromatic heterocycles. The predicted octanol–water partition coefficient (Wildman–Crippen LogP) is 3.73. The first-order chi connectivity index (χ1) is 11.1. The number of aromatic nitrogens is 3. The summed E-state index contributed by atoms with van der Waals surface area (Å²) in [7, 11) is 0. The molecule has 118 valence electrons. The molecule has 0 aliphatic carbocycles. The predicted molar refractivity (Wildman–Crippen MR) is 92.5 cm³/mol. The van der Waals surface area contributed by atoms with Crippen LogP contribution in [0.2, 0.25) is 0 Å². The first-order valence-corrected chi connectivity index (χ1v) is 7.88. The van der Waals surface area contributed by atoms with Crippen LogP contribution in [0.25, 0.3) is 5.69 Å². The molecular weight excluding hydrogens is 284 g/mol. The van der Waals surface area contributed by atoms with Crippen molar-refractivity contribution in [3.8, 4) is 5.69 Å². The Labute approximate surface area is 137 Å². The number of nitrogens with one attached hydrogen (secondary N) is 1. The lowest BCUT2D eigenvalue weighted by atomic mass is 10.0. The third kappa shape index (κ3) is 3.66. The fraction of sp³-hybridized carbons (Fsp3) is 0.263. The molecule has 23 heavy (non-hydrogen) atoms. The monoisotopic (exact) mass is 306 g/mol. The van der Waals surface area contributed by atoms with Gasteiger partial charge in [0.05, 0.1) is 5.69 Å². The molecule has 3 rings (SSSR count). The van der Waals surface area contributed by atoms with E-state index in [0.717, 1.165) is 12.2 Å². The first-order valence-electron chi connectivity index (χ1n) is 7.88. The molecule has 1 atom stereocenters. The van der Waals surface area contributed by atoms with Crippen LogP contribution >= 0.6 is 0 Å². The van der Waals surface area contributed by atoms with E-state index in [0.29, 0.717) is 6.04 Å². The summed E-state index contributed by atoms with van der Waals surface area (Å²) in [6, 6.07) is 15.3. The average molecular weight is 306 g/mol. The molecule has 0 aliphatic heterocycles. The zero-order valence-corrected chi connectivity index (χ0v) is 13.8. The van der Waals surface area contributed by atoms with Crippen LogP contribution in [0.15, 0.2) is 55.1 Å². The van der Waals surface area contributed by atoms with Gasteiger partial charge < -0.3 is 5.32 Å². The van der Waals surface area contributed by atoms with Gasteiger partial charge in [0.1, 0.15) is 12.7 Å². The number of aryl methyl sites for hydroxylation is 2. The summed E-state index contributed by atoms with van der Waals surface area (Å²) in [6.07, 6.45) is 3.25. The van der Waals surface area contributed by atoms with Crippen molar-refractivity contribution >= 4 is 0 Å². The normalized spacial score (nSPS) is 12.3. The van der Waals surface area contributed by atoms with E-state index in [9.17, 15) is 0 Å². The van der Waals surface area contributed by atoms with Gasteiger partial charge in [0, 0.05) is 12.6 Å². The second-order valence-electron chi connectivity index (χ2n) is 5.96. The highest BCUT2D eigenvalue weighted by molar-refractivity contribution is 5.35. The second kappa shape index (κ2) is 6.75. The lowest BCUT2D eigenvalue weighted by Gasteiger charge is -2.16. The summed E-state index contributed by atoms with van der Waals surface area (Å²) in [5, 5.41) is 7.74. The summed E-state index contributed by atoms with van der Waals surface area (Å²) in [5.41, 5.74) is 6.28. The van der Waals surface area contributed by atoms with E-state index in [1.54, 1.807) is 17.3 Å². The third-order valence-corrected chi connectivity index (χ3v) is 4.17.